The van der Waals surface area contributed by atoms with E-state index in [0.717, 1.165) is 36.2 Å². The van der Waals surface area contributed by atoms with Crippen molar-refractivity contribution < 1.29 is 20.1 Å². The molecule has 0 bridgehead atoms. The Morgan fingerprint density at radius 1 is 0.971 bits per heavy atom. The molecule has 0 amide bonds. The van der Waals surface area contributed by atoms with Crippen molar-refractivity contribution in [3.63, 3.8) is 0 Å². The van der Waals surface area contributed by atoms with E-state index in [1.807, 2.05) is 6.92 Å². The second-order valence-corrected chi connectivity index (χ2v) is 12.0. The normalized spacial score (nSPS) is 23.3. The van der Waals surface area contributed by atoms with Crippen LogP contribution in [0, 0.1) is 23.7 Å². The third-order valence-corrected chi connectivity index (χ3v) is 8.34. The lowest BCUT2D eigenvalue weighted by Gasteiger charge is -2.40. The van der Waals surface area contributed by atoms with Gasteiger partial charge < -0.3 is 15.3 Å². The average molecular weight is 491 g/mol. The number of aliphatic hydroxyl groups excluding tert-OH is 1. The van der Waals surface area contributed by atoms with E-state index in [9.17, 15) is 20.1 Å². The van der Waals surface area contributed by atoms with Crippen LogP contribution in [0.25, 0.3) is 0 Å². The molecule has 3 N–H and O–H groups in total. The quantitative estimate of drug-likeness (QED) is 0.189. The molecule has 1 aliphatic rings. The smallest absolute Gasteiger partial charge is 0.306 e. The zero-order valence-electron chi connectivity index (χ0n) is 23.9. The lowest BCUT2D eigenvalue weighted by Crippen LogP contribution is -2.44. The number of hydrogen-bond donors (Lipinski definition) is 3. The van der Waals surface area contributed by atoms with Gasteiger partial charge in [-0.2, -0.15) is 0 Å². The van der Waals surface area contributed by atoms with Crippen LogP contribution < -0.4 is 0 Å². The van der Waals surface area contributed by atoms with Crippen molar-refractivity contribution in [2.24, 2.45) is 23.7 Å². The molecule has 4 atom stereocenters. The highest BCUT2D eigenvalue weighted by Gasteiger charge is 2.44. The van der Waals surface area contributed by atoms with E-state index in [1.165, 1.54) is 50.5 Å². The molecule has 2 unspecified atom stereocenters. The molecule has 0 fully saturated rings. The van der Waals surface area contributed by atoms with Gasteiger partial charge in [0.1, 0.15) is 11.4 Å². The average Bonchev–Trinajstić information content (AvgIpc) is 2.76. The SMILES string of the molecule is CC1=C(C)C(O)(CC(=O)O)C(C)C(C/C=C(\C)CCC[C@H](C)CCC[C@H](C)CCCC(C)C)=C1O. The number of aliphatic hydroxyl groups is 2. The van der Waals surface area contributed by atoms with Crippen molar-refractivity contribution in [3.05, 3.63) is 34.1 Å². The molecule has 4 nitrogen and oxygen atoms in total. The summed E-state index contributed by atoms with van der Waals surface area (Å²) in [5, 5.41) is 31.2. The Hall–Kier alpha value is -1.55. The Balaban J connectivity index is 2.50. The van der Waals surface area contributed by atoms with Gasteiger partial charge in [0.05, 0.1) is 6.42 Å². The maximum Gasteiger partial charge on any atom is 0.306 e. The van der Waals surface area contributed by atoms with Gasteiger partial charge in [-0.25, -0.2) is 0 Å². The summed E-state index contributed by atoms with van der Waals surface area (Å²) in [6, 6.07) is 0. The topological polar surface area (TPSA) is 77.8 Å². The largest absolute Gasteiger partial charge is 0.508 e. The molecule has 0 radical (unpaired) electrons. The zero-order valence-corrected chi connectivity index (χ0v) is 23.9. The van der Waals surface area contributed by atoms with Gasteiger partial charge in [-0.3, -0.25) is 4.79 Å². The first-order chi connectivity index (χ1) is 16.3. The molecular weight excluding hydrogens is 436 g/mol. The second kappa shape index (κ2) is 14.9. The Bertz CT molecular complexity index is 773. The third-order valence-electron chi connectivity index (χ3n) is 8.34. The summed E-state index contributed by atoms with van der Waals surface area (Å²) < 4.78 is 0. The lowest BCUT2D eigenvalue weighted by atomic mass is 9.69. The molecule has 0 spiro atoms. The minimum Gasteiger partial charge on any atom is -0.508 e. The lowest BCUT2D eigenvalue weighted by molar-refractivity contribution is -0.142. The van der Waals surface area contributed by atoms with Crippen LogP contribution in [-0.4, -0.2) is 26.9 Å². The second-order valence-electron chi connectivity index (χ2n) is 12.0. The van der Waals surface area contributed by atoms with E-state index < -0.39 is 17.5 Å². The molecular formula is C31H54O4. The molecule has 202 valence electrons. The predicted octanol–water partition coefficient (Wildman–Crippen LogP) is 8.77. The number of hydrogen-bond acceptors (Lipinski definition) is 3. The molecule has 0 aromatic carbocycles. The fourth-order valence-corrected chi connectivity index (χ4v) is 5.44. The van der Waals surface area contributed by atoms with Crippen LogP contribution >= 0.6 is 0 Å². The van der Waals surface area contributed by atoms with E-state index in [4.69, 9.17) is 0 Å². The summed E-state index contributed by atoms with van der Waals surface area (Å²) in [6.07, 6.45) is 13.8. The molecule has 0 aliphatic heterocycles. The molecule has 1 aliphatic carbocycles. The Morgan fingerprint density at radius 3 is 2.00 bits per heavy atom. The van der Waals surface area contributed by atoms with Crippen LogP contribution in [0.5, 0.6) is 0 Å². The van der Waals surface area contributed by atoms with Crippen LogP contribution in [0.15, 0.2) is 34.1 Å². The monoisotopic (exact) mass is 490 g/mol. The molecule has 1 rings (SSSR count). The van der Waals surface area contributed by atoms with E-state index in [2.05, 4.69) is 40.7 Å². The predicted molar refractivity (Wildman–Crippen MR) is 147 cm³/mol. The maximum atomic E-state index is 11.4. The van der Waals surface area contributed by atoms with Gasteiger partial charge in [0.25, 0.3) is 0 Å². The highest BCUT2D eigenvalue weighted by molar-refractivity contribution is 5.70. The van der Waals surface area contributed by atoms with Gasteiger partial charge in [0.2, 0.25) is 0 Å². The van der Waals surface area contributed by atoms with Crippen molar-refractivity contribution in [2.45, 2.75) is 132 Å². The Kier molecular flexibility index (Phi) is 13.4. The van der Waals surface area contributed by atoms with Gasteiger partial charge >= 0.3 is 5.97 Å². The summed E-state index contributed by atoms with van der Waals surface area (Å²) in [5.74, 6) is 1.14. The van der Waals surface area contributed by atoms with E-state index in [1.54, 1.807) is 13.8 Å². The van der Waals surface area contributed by atoms with Crippen LogP contribution in [0.3, 0.4) is 0 Å². The number of carbonyl (C=O) groups is 1. The summed E-state index contributed by atoms with van der Waals surface area (Å²) in [5.41, 5.74) is 1.70. The molecule has 0 saturated heterocycles. The Labute approximate surface area is 215 Å². The Morgan fingerprint density at radius 2 is 1.49 bits per heavy atom. The number of aliphatic carboxylic acids is 1. The number of carboxylic acids is 1. The van der Waals surface area contributed by atoms with Gasteiger partial charge in [0, 0.05) is 5.92 Å². The van der Waals surface area contributed by atoms with Crippen LogP contribution in [-0.2, 0) is 4.79 Å². The fourth-order valence-electron chi connectivity index (χ4n) is 5.44. The molecule has 0 heterocycles. The number of carboxylic acid groups (broad SMARTS) is 1. The van der Waals surface area contributed by atoms with Crippen molar-refractivity contribution >= 4 is 5.97 Å². The van der Waals surface area contributed by atoms with Crippen LogP contribution in [0.2, 0.25) is 0 Å². The highest BCUT2D eigenvalue weighted by Crippen LogP contribution is 2.44. The van der Waals surface area contributed by atoms with E-state index >= 15 is 0 Å². The number of allylic oxidation sites excluding steroid dienone is 3. The molecule has 4 heteroatoms. The molecule has 0 aromatic heterocycles. The van der Waals surface area contributed by atoms with Gasteiger partial charge in [0.15, 0.2) is 0 Å². The first-order valence-corrected chi connectivity index (χ1v) is 14.0. The van der Waals surface area contributed by atoms with Crippen molar-refractivity contribution in [1.29, 1.82) is 0 Å². The van der Waals surface area contributed by atoms with E-state index in [0.29, 0.717) is 17.6 Å². The number of rotatable bonds is 16. The fraction of sp³-hybridized carbons (Fsp3) is 0.774. The summed E-state index contributed by atoms with van der Waals surface area (Å²) >= 11 is 0. The van der Waals surface area contributed by atoms with Crippen molar-refractivity contribution in [1.82, 2.24) is 0 Å². The standard InChI is InChI=1S/C31H54O4/c1-21(2)12-9-13-22(3)14-10-15-23(4)16-11-17-24(5)18-19-28-27(8)31(35,20-29(32)33)26(7)25(6)30(28)34/h18,21-23,27,34-35H,9-17,19-20H2,1-8H3,(H,32,33)/b24-18+/t22-,23-,27?,31?/m1/s1. The first kappa shape index (κ1) is 31.5. The molecule has 0 saturated carbocycles. The molecule has 35 heavy (non-hydrogen) atoms. The minimum atomic E-state index is -1.46. The van der Waals surface area contributed by atoms with Crippen LogP contribution in [0.1, 0.15) is 126 Å². The maximum absolute atomic E-state index is 11.4. The minimum absolute atomic E-state index is 0.209. The zero-order chi connectivity index (χ0) is 26.8. The summed E-state index contributed by atoms with van der Waals surface area (Å²) in [7, 11) is 0. The van der Waals surface area contributed by atoms with Crippen molar-refractivity contribution in [3.8, 4) is 0 Å². The van der Waals surface area contributed by atoms with Gasteiger partial charge in [-0.15, -0.1) is 0 Å². The van der Waals surface area contributed by atoms with Crippen LogP contribution in [0.4, 0.5) is 0 Å². The van der Waals surface area contributed by atoms with Gasteiger partial charge in [-0.05, 0) is 74.5 Å². The summed E-state index contributed by atoms with van der Waals surface area (Å²) in [6.45, 7) is 16.8. The first-order valence-electron chi connectivity index (χ1n) is 14.0. The third kappa shape index (κ3) is 10.1. The highest BCUT2D eigenvalue weighted by atomic mass is 16.4. The van der Waals surface area contributed by atoms with E-state index in [-0.39, 0.29) is 12.2 Å². The molecule has 0 aromatic rings. The van der Waals surface area contributed by atoms with Crippen molar-refractivity contribution in [2.75, 3.05) is 0 Å². The van der Waals surface area contributed by atoms with Gasteiger partial charge in [-0.1, -0.05) is 91.2 Å². The summed E-state index contributed by atoms with van der Waals surface area (Å²) in [4.78, 5) is 11.4.